The molecule has 2 N–H and O–H groups in total. The van der Waals surface area contributed by atoms with Crippen molar-refractivity contribution in [2.24, 2.45) is 0 Å². The fraction of sp³-hybridized carbons (Fsp3) is 0.700. The summed E-state index contributed by atoms with van der Waals surface area (Å²) >= 11 is 0. The van der Waals surface area contributed by atoms with E-state index in [0.717, 1.165) is 25.3 Å². The number of quaternary nitrogens is 1. The molecule has 0 spiro atoms. The van der Waals surface area contributed by atoms with Gasteiger partial charge in [0.1, 0.15) is 5.57 Å². The lowest BCUT2D eigenvalue weighted by Gasteiger charge is -2.15. The van der Waals surface area contributed by atoms with Gasteiger partial charge in [-0.05, 0) is 20.3 Å². The molecule has 0 fully saturated rings. The van der Waals surface area contributed by atoms with E-state index in [1.807, 2.05) is 19.2 Å². The van der Waals surface area contributed by atoms with Crippen LogP contribution in [0.25, 0.3) is 0 Å². The maximum absolute atomic E-state index is 11.5. The fourth-order valence-electron chi connectivity index (χ4n) is 1.48. The highest BCUT2D eigenvalue weighted by Crippen LogP contribution is 2.12. The van der Waals surface area contributed by atoms with E-state index in [2.05, 4.69) is 0 Å². The monoisotopic (exact) mass is 200 g/mol. The highest BCUT2D eigenvalue weighted by Gasteiger charge is 2.24. The maximum atomic E-state index is 11.5. The van der Waals surface area contributed by atoms with E-state index in [4.69, 9.17) is 9.47 Å². The van der Waals surface area contributed by atoms with Crippen molar-refractivity contribution in [2.75, 3.05) is 19.8 Å². The molecule has 0 aromatic carbocycles. The minimum Gasteiger partial charge on any atom is -0.462 e. The average Bonchev–Trinajstić information content (AvgIpc) is 2.19. The second-order valence-electron chi connectivity index (χ2n) is 3.09. The topological polar surface area (TPSA) is 52.1 Å². The number of carbonyl (C=O) groups excluding carboxylic acids is 1. The molecule has 4 nitrogen and oxygen atoms in total. The normalized spacial score (nSPS) is 16.7. The SMILES string of the molecule is CCOC(=O)C1=C(OCC)[NH2+]CCC1. The summed E-state index contributed by atoms with van der Waals surface area (Å²) in [5.74, 6) is 0.490. The molecule has 0 saturated heterocycles. The Labute approximate surface area is 84.3 Å². The Morgan fingerprint density at radius 3 is 2.86 bits per heavy atom. The zero-order chi connectivity index (χ0) is 10.4. The molecule has 4 heteroatoms. The third-order valence-corrected chi connectivity index (χ3v) is 2.08. The number of carbonyl (C=O) groups is 1. The van der Waals surface area contributed by atoms with Crippen LogP contribution in [0.5, 0.6) is 0 Å². The van der Waals surface area contributed by atoms with Gasteiger partial charge in [0.05, 0.1) is 19.8 Å². The van der Waals surface area contributed by atoms with Crippen molar-refractivity contribution >= 4 is 5.97 Å². The van der Waals surface area contributed by atoms with E-state index in [1.54, 1.807) is 0 Å². The van der Waals surface area contributed by atoms with Gasteiger partial charge in [-0.15, -0.1) is 0 Å². The molecule has 80 valence electrons. The standard InChI is InChI=1S/C10H17NO3/c1-3-13-9-8(6-5-7-11-9)10(12)14-4-2/h11H,3-7H2,1-2H3/p+1. The van der Waals surface area contributed by atoms with Crippen molar-refractivity contribution in [3.8, 4) is 0 Å². The molecule has 0 amide bonds. The van der Waals surface area contributed by atoms with Gasteiger partial charge < -0.3 is 9.47 Å². The summed E-state index contributed by atoms with van der Waals surface area (Å²) in [6.45, 7) is 5.72. The molecule has 1 aliphatic rings. The summed E-state index contributed by atoms with van der Waals surface area (Å²) in [6, 6.07) is 0. The number of nitrogens with two attached hydrogens (primary N) is 1. The van der Waals surface area contributed by atoms with Gasteiger partial charge >= 0.3 is 5.97 Å². The molecule has 0 aromatic heterocycles. The molecular weight excluding hydrogens is 182 g/mol. The number of hydrogen-bond donors (Lipinski definition) is 1. The third-order valence-electron chi connectivity index (χ3n) is 2.08. The summed E-state index contributed by atoms with van der Waals surface area (Å²) in [4.78, 5) is 11.5. The number of hydrogen-bond acceptors (Lipinski definition) is 3. The summed E-state index contributed by atoms with van der Waals surface area (Å²) in [6.07, 6.45) is 1.77. The van der Waals surface area contributed by atoms with Gasteiger partial charge in [-0.25, -0.2) is 4.79 Å². The van der Waals surface area contributed by atoms with Crippen LogP contribution in [0, 0.1) is 0 Å². The van der Waals surface area contributed by atoms with Crippen LogP contribution in [0.1, 0.15) is 26.7 Å². The van der Waals surface area contributed by atoms with E-state index < -0.39 is 0 Å². The predicted molar refractivity (Wildman–Crippen MR) is 51.3 cm³/mol. The molecule has 1 aliphatic heterocycles. The lowest BCUT2D eigenvalue weighted by Crippen LogP contribution is -2.84. The lowest BCUT2D eigenvalue weighted by atomic mass is 10.1. The summed E-state index contributed by atoms with van der Waals surface area (Å²) in [5, 5.41) is 1.97. The van der Waals surface area contributed by atoms with Crippen LogP contribution in [0.3, 0.4) is 0 Å². The lowest BCUT2D eigenvalue weighted by molar-refractivity contribution is -0.637. The largest absolute Gasteiger partial charge is 0.462 e. The molecule has 0 unspecified atom stereocenters. The summed E-state index contributed by atoms with van der Waals surface area (Å²) in [5.41, 5.74) is 0.694. The highest BCUT2D eigenvalue weighted by atomic mass is 16.5. The van der Waals surface area contributed by atoms with Crippen molar-refractivity contribution < 1.29 is 19.6 Å². The first kappa shape index (κ1) is 11.0. The minimum absolute atomic E-state index is 0.230. The molecule has 1 rings (SSSR count). The van der Waals surface area contributed by atoms with Crippen molar-refractivity contribution in [1.82, 2.24) is 0 Å². The Balaban J connectivity index is 2.71. The van der Waals surface area contributed by atoms with Crippen LogP contribution in [0.15, 0.2) is 11.5 Å². The Morgan fingerprint density at radius 2 is 2.21 bits per heavy atom. The van der Waals surface area contributed by atoms with Crippen molar-refractivity contribution in [3.63, 3.8) is 0 Å². The van der Waals surface area contributed by atoms with Gasteiger partial charge in [0, 0.05) is 6.42 Å². The molecule has 0 saturated carbocycles. The smallest absolute Gasteiger partial charge is 0.343 e. The second-order valence-corrected chi connectivity index (χ2v) is 3.09. The molecule has 0 radical (unpaired) electrons. The minimum atomic E-state index is -0.230. The van der Waals surface area contributed by atoms with Gasteiger partial charge in [0.25, 0.3) is 5.88 Å². The molecule has 0 aliphatic carbocycles. The van der Waals surface area contributed by atoms with Crippen LogP contribution in [-0.2, 0) is 14.3 Å². The van der Waals surface area contributed by atoms with Gasteiger partial charge in [-0.3, -0.25) is 5.32 Å². The van der Waals surface area contributed by atoms with E-state index in [-0.39, 0.29) is 5.97 Å². The van der Waals surface area contributed by atoms with Crippen LogP contribution in [0.2, 0.25) is 0 Å². The Morgan fingerprint density at radius 1 is 1.43 bits per heavy atom. The molecule has 0 bridgehead atoms. The molecule has 0 aromatic rings. The third kappa shape index (κ3) is 2.73. The molecule has 14 heavy (non-hydrogen) atoms. The van der Waals surface area contributed by atoms with E-state index in [1.165, 1.54) is 0 Å². The zero-order valence-corrected chi connectivity index (χ0v) is 8.84. The van der Waals surface area contributed by atoms with Crippen LogP contribution in [-0.4, -0.2) is 25.7 Å². The Kier molecular flexibility index (Phi) is 4.46. The van der Waals surface area contributed by atoms with E-state index in [0.29, 0.717) is 18.8 Å². The number of rotatable bonds is 4. The number of esters is 1. The Hall–Kier alpha value is -1.03. The van der Waals surface area contributed by atoms with E-state index >= 15 is 0 Å². The summed E-state index contributed by atoms with van der Waals surface area (Å²) < 4.78 is 10.3. The quantitative estimate of drug-likeness (QED) is 0.657. The maximum Gasteiger partial charge on any atom is 0.343 e. The molecule has 1 heterocycles. The van der Waals surface area contributed by atoms with Gasteiger partial charge in [-0.2, -0.15) is 0 Å². The first-order valence-electron chi connectivity index (χ1n) is 5.15. The summed E-state index contributed by atoms with van der Waals surface area (Å²) in [7, 11) is 0. The van der Waals surface area contributed by atoms with Crippen molar-refractivity contribution in [2.45, 2.75) is 26.7 Å². The first-order valence-corrected chi connectivity index (χ1v) is 5.15. The highest BCUT2D eigenvalue weighted by molar-refractivity contribution is 5.88. The van der Waals surface area contributed by atoms with Crippen LogP contribution >= 0.6 is 0 Å². The molecule has 0 atom stereocenters. The zero-order valence-electron chi connectivity index (χ0n) is 8.84. The molecular formula is C10H18NO3+. The van der Waals surface area contributed by atoms with Crippen molar-refractivity contribution in [3.05, 3.63) is 11.5 Å². The van der Waals surface area contributed by atoms with Gasteiger partial charge in [-0.1, -0.05) is 0 Å². The van der Waals surface area contributed by atoms with E-state index in [9.17, 15) is 4.79 Å². The number of ether oxygens (including phenoxy) is 2. The first-order chi connectivity index (χ1) is 6.79. The Bertz CT molecular complexity index is 236. The van der Waals surface area contributed by atoms with Crippen molar-refractivity contribution in [1.29, 1.82) is 0 Å². The fourth-order valence-corrected chi connectivity index (χ4v) is 1.48. The van der Waals surface area contributed by atoms with Crippen LogP contribution < -0.4 is 5.32 Å². The van der Waals surface area contributed by atoms with Crippen LogP contribution in [0.4, 0.5) is 0 Å². The second kappa shape index (κ2) is 5.65. The average molecular weight is 200 g/mol. The van der Waals surface area contributed by atoms with Gasteiger partial charge in [0.15, 0.2) is 0 Å². The van der Waals surface area contributed by atoms with Gasteiger partial charge in [0.2, 0.25) is 0 Å². The predicted octanol–water partition coefficient (Wildman–Crippen LogP) is 0.155.